The van der Waals surface area contributed by atoms with Crippen LogP contribution >= 0.6 is 0 Å². The van der Waals surface area contributed by atoms with Gasteiger partial charge in [-0.25, -0.2) is 0 Å². The van der Waals surface area contributed by atoms with Crippen LogP contribution in [0.2, 0.25) is 0 Å². The maximum atomic E-state index is 12.0. The van der Waals surface area contributed by atoms with E-state index in [4.69, 9.17) is 5.11 Å². The number of hydrogen-bond donors (Lipinski definition) is 2. The summed E-state index contributed by atoms with van der Waals surface area (Å²) in [6, 6.07) is -0.740. The van der Waals surface area contributed by atoms with Crippen LogP contribution in [-0.4, -0.2) is 34.2 Å². The number of aliphatic hydroxyl groups excluding tert-OH is 1. The Morgan fingerprint density at radius 2 is 2.19 bits per heavy atom. The van der Waals surface area contributed by atoms with Gasteiger partial charge in [0, 0.05) is 18.3 Å². The summed E-state index contributed by atoms with van der Waals surface area (Å²) >= 11 is 0. The van der Waals surface area contributed by atoms with Gasteiger partial charge >= 0.3 is 6.18 Å². The van der Waals surface area contributed by atoms with Crippen LogP contribution < -0.4 is 5.32 Å². The molecule has 0 radical (unpaired) electrons. The number of aromatic nitrogens is 2. The smallest absolute Gasteiger partial charge is 0.394 e. The van der Waals surface area contributed by atoms with Crippen LogP contribution in [0.5, 0.6) is 0 Å². The van der Waals surface area contributed by atoms with Crippen LogP contribution in [0.25, 0.3) is 0 Å². The first-order valence-electron chi connectivity index (χ1n) is 4.74. The number of aryl methyl sites for hydroxylation is 1. The molecule has 0 aliphatic heterocycles. The first kappa shape index (κ1) is 13.0. The largest absolute Gasteiger partial charge is 0.401 e. The third kappa shape index (κ3) is 3.21. The molecule has 0 saturated carbocycles. The molecule has 16 heavy (non-hydrogen) atoms. The first-order chi connectivity index (χ1) is 7.35. The predicted octanol–water partition coefficient (Wildman–Crippen LogP) is 0.914. The Hall–Kier alpha value is -1.08. The Labute approximate surface area is 91.1 Å². The fraction of sp³-hybridized carbons (Fsp3) is 0.667. The quantitative estimate of drug-likeness (QED) is 0.818. The summed E-state index contributed by atoms with van der Waals surface area (Å²) in [5, 5.41) is 15.2. The molecule has 1 heterocycles. The molecular formula is C9H14F3N3O. The average molecular weight is 237 g/mol. The lowest BCUT2D eigenvalue weighted by atomic mass is 10.1. The summed E-state index contributed by atoms with van der Waals surface area (Å²) in [6.07, 6.45) is -2.83. The molecule has 0 fully saturated rings. The maximum Gasteiger partial charge on any atom is 0.401 e. The van der Waals surface area contributed by atoms with Gasteiger partial charge in [-0.05, 0) is 6.92 Å². The Kier molecular flexibility index (Phi) is 3.93. The van der Waals surface area contributed by atoms with Crippen molar-refractivity contribution in [2.24, 2.45) is 7.05 Å². The first-order valence-corrected chi connectivity index (χ1v) is 4.74. The van der Waals surface area contributed by atoms with Gasteiger partial charge in [-0.3, -0.25) is 10.00 Å². The molecule has 1 atom stereocenters. The molecule has 0 aliphatic carbocycles. The van der Waals surface area contributed by atoms with E-state index in [9.17, 15) is 13.2 Å². The second-order valence-corrected chi connectivity index (χ2v) is 3.54. The van der Waals surface area contributed by atoms with Gasteiger partial charge in [0.15, 0.2) is 0 Å². The van der Waals surface area contributed by atoms with Crippen LogP contribution in [0.4, 0.5) is 13.2 Å². The molecule has 2 N–H and O–H groups in total. The molecule has 1 aromatic heterocycles. The number of aliphatic hydroxyl groups is 1. The van der Waals surface area contributed by atoms with Crippen LogP contribution in [0.3, 0.4) is 0 Å². The fourth-order valence-electron chi connectivity index (χ4n) is 1.37. The number of nitrogens with zero attached hydrogens (tertiary/aromatic N) is 2. The topological polar surface area (TPSA) is 50.1 Å². The van der Waals surface area contributed by atoms with Crippen LogP contribution in [0.15, 0.2) is 6.20 Å². The molecule has 4 nitrogen and oxygen atoms in total. The van der Waals surface area contributed by atoms with Crippen molar-refractivity contribution in [1.82, 2.24) is 15.1 Å². The van der Waals surface area contributed by atoms with Crippen molar-refractivity contribution in [2.45, 2.75) is 19.1 Å². The molecule has 0 bridgehead atoms. The van der Waals surface area contributed by atoms with Gasteiger partial charge in [0.1, 0.15) is 0 Å². The highest BCUT2D eigenvalue weighted by atomic mass is 19.4. The van der Waals surface area contributed by atoms with Crippen LogP contribution in [0, 0.1) is 6.92 Å². The van der Waals surface area contributed by atoms with Crippen molar-refractivity contribution in [3.8, 4) is 0 Å². The van der Waals surface area contributed by atoms with Gasteiger partial charge in [-0.15, -0.1) is 0 Å². The second kappa shape index (κ2) is 4.84. The maximum absolute atomic E-state index is 12.0. The van der Waals surface area contributed by atoms with Crippen molar-refractivity contribution in [3.05, 3.63) is 17.5 Å². The predicted molar refractivity (Wildman–Crippen MR) is 51.8 cm³/mol. The second-order valence-electron chi connectivity index (χ2n) is 3.54. The van der Waals surface area contributed by atoms with E-state index in [1.165, 1.54) is 6.20 Å². The Morgan fingerprint density at radius 3 is 2.56 bits per heavy atom. The van der Waals surface area contributed by atoms with Crippen molar-refractivity contribution in [1.29, 1.82) is 0 Å². The van der Waals surface area contributed by atoms with Crippen molar-refractivity contribution in [3.63, 3.8) is 0 Å². The number of halogens is 3. The third-order valence-electron chi connectivity index (χ3n) is 2.38. The van der Waals surface area contributed by atoms with Gasteiger partial charge in [0.2, 0.25) is 0 Å². The van der Waals surface area contributed by atoms with Crippen molar-refractivity contribution in [2.75, 3.05) is 13.2 Å². The van der Waals surface area contributed by atoms with Gasteiger partial charge in [0.25, 0.3) is 0 Å². The normalized spacial score (nSPS) is 14.1. The molecule has 0 spiro atoms. The molecule has 1 rings (SSSR count). The minimum absolute atomic E-state index is 0.400. The van der Waals surface area contributed by atoms with Gasteiger partial charge in [-0.2, -0.15) is 18.3 Å². The molecule has 0 amide bonds. The fourth-order valence-corrected chi connectivity index (χ4v) is 1.37. The highest BCUT2D eigenvalue weighted by molar-refractivity contribution is 5.20. The molecule has 7 heteroatoms. The van der Waals surface area contributed by atoms with E-state index >= 15 is 0 Å². The minimum atomic E-state index is -4.29. The molecule has 0 saturated heterocycles. The van der Waals surface area contributed by atoms with E-state index in [0.29, 0.717) is 5.56 Å². The lowest BCUT2D eigenvalue weighted by molar-refractivity contribution is -0.126. The monoisotopic (exact) mass is 237 g/mol. The Morgan fingerprint density at radius 1 is 1.56 bits per heavy atom. The van der Waals surface area contributed by atoms with E-state index in [0.717, 1.165) is 5.69 Å². The van der Waals surface area contributed by atoms with E-state index in [2.05, 4.69) is 10.4 Å². The zero-order chi connectivity index (χ0) is 12.3. The van der Waals surface area contributed by atoms with Gasteiger partial charge in [-0.1, -0.05) is 0 Å². The third-order valence-corrected chi connectivity index (χ3v) is 2.38. The number of alkyl halides is 3. The average Bonchev–Trinajstić information content (AvgIpc) is 2.49. The van der Waals surface area contributed by atoms with E-state index < -0.39 is 25.4 Å². The summed E-state index contributed by atoms with van der Waals surface area (Å²) in [7, 11) is 1.69. The zero-order valence-electron chi connectivity index (χ0n) is 9.04. The number of rotatable bonds is 4. The lowest BCUT2D eigenvalue weighted by Gasteiger charge is -2.17. The molecule has 0 aromatic carbocycles. The molecule has 0 aliphatic rings. The molecule has 1 aromatic rings. The van der Waals surface area contributed by atoms with E-state index in [1.54, 1.807) is 18.7 Å². The van der Waals surface area contributed by atoms with Gasteiger partial charge < -0.3 is 5.11 Å². The zero-order valence-corrected chi connectivity index (χ0v) is 9.04. The summed E-state index contributed by atoms with van der Waals surface area (Å²) in [5.74, 6) is 0. The lowest BCUT2D eigenvalue weighted by Crippen LogP contribution is -2.34. The Bertz CT molecular complexity index is 348. The Balaban J connectivity index is 2.72. The molecule has 1 unspecified atom stereocenters. The van der Waals surface area contributed by atoms with Crippen molar-refractivity contribution < 1.29 is 18.3 Å². The summed E-state index contributed by atoms with van der Waals surface area (Å²) in [6.45, 7) is 0.204. The SMILES string of the molecule is Cc1c(C(CO)NCC(F)(F)F)cnn1C. The molecular weight excluding hydrogens is 223 g/mol. The number of hydrogen-bond acceptors (Lipinski definition) is 3. The van der Waals surface area contributed by atoms with Crippen molar-refractivity contribution >= 4 is 0 Å². The minimum Gasteiger partial charge on any atom is -0.394 e. The standard InChI is InChI=1S/C9H14F3N3O/c1-6-7(3-14-15(6)2)8(4-16)13-5-9(10,11)12/h3,8,13,16H,4-5H2,1-2H3. The van der Waals surface area contributed by atoms with E-state index in [-0.39, 0.29) is 0 Å². The summed E-state index contributed by atoms with van der Waals surface area (Å²) in [5.41, 5.74) is 1.31. The molecule has 92 valence electrons. The number of nitrogens with one attached hydrogen (secondary N) is 1. The van der Waals surface area contributed by atoms with Crippen LogP contribution in [0.1, 0.15) is 17.3 Å². The summed E-state index contributed by atoms with van der Waals surface area (Å²) < 4.78 is 37.6. The van der Waals surface area contributed by atoms with Gasteiger partial charge in [0.05, 0.1) is 25.4 Å². The highest BCUT2D eigenvalue weighted by Gasteiger charge is 2.29. The van der Waals surface area contributed by atoms with E-state index in [1.807, 2.05) is 0 Å². The summed E-state index contributed by atoms with van der Waals surface area (Å²) in [4.78, 5) is 0. The van der Waals surface area contributed by atoms with Crippen LogP contribution in [-0.2, 0) is 7.05 Å². The highest BCUT2D eigenvalue weighted by Crippen LogP contribution is 2.19.